The van der Waals surface area contributed by atoms with E-state index >= 15 is 0 Å². The van der Waals surface area contributed by atoms with Gasteiger partial charge in [-0.3, -0.25) is 4.99 Å². The lowest BCUT2D eigenvalue weighted by atomic mass is 9.96. The normalized spacial score (nSPS) is 30.6. The molecule has 2 rings (SSSR count). The molecule has 0 aliphatic carbocycles. The molecule has 6 nitrogen and oxygen atoms in total. The first-order valence-corrected chi connectivity index (χ1v) is 8.94. The standard InChI is InChI=1S/C13H25N3O3S/c1-13(2,20(4,17)18)8-15-12(14-3)16-10-7-9-5-6-11(10)19-9/h9-11H,5-8H2,1-4H3,(H2,14,15,16). The summed E-state index contributed by atoms with van der Waals surface area (Å²) >= 11 is 0. The fourth-order valence-corrected chi connectivity index (χ4v) is 2.92. The van der Waals surface area contributed by atoms with Gasteiger partial charge in [-0.25, -0.2) is 8.42 Å². The Morgan fingerprint density at radius 3 is 2.55 bits per heavy atom. The average molecular weight is 303 g/mol. The van der Waals surface area contributed by atoms with Crippen molar-refractivity contribution in [1.82, 2.24) is 10.6 Å². The monoisotopic (exact) mass is 303 g/mol. The zero-order valence-corrected chi connectivity index (χ0v) is 13.5. The molecular weight excluding hydrogens is 278 g/mol. The van der Waals surface area contributed by atoms with Crippen LogP contribution in [0.25, 0.3) is 0 Å². The summed E-state index contributed by atoms with van der Waals surface area (Å²) in [7, 11) is -1.42. The van der Waals surface area contributed by atoms with Crippen LogP contribution in [0.3, 0.4) is 0 Å². The fraction of sp³-hybridized carbons (Fsp3) is 0.923. The Labute approximate surface area is 121 Å². The highest BCUT2D eigenvalue weighted by atomic mass is 32.2. The number of guanidine groups is 1. The van der Waals surface area contributed by atoms with Gasteiger partial charge in [-0.2, -0.15) is 0 Å². The van der Waals surface area contributed by atoms with Crippen LogP contribution in [0.1, 0.15) is 33.1 Å². The molecule has 2 bridgehead atoms. The lowest BCUT2D eigenvalue weighted by molar-refractivity contribution is 0.0992. The van der Waals surface area contributed by atoms with E-state index in [1.165, 1.54) is 6.26 Å². The molecule has 0 saturated carbocycles. The molecule has 0 aromatic carbocycles. The summed E-state index contributed by atoms with van der Waals surface area (Å²) in [6.07, 6.45) is 5.14. The molecule has 0 amide bonds. The smallest absolute Gasteiger partial charge is 0.191 e. The second-order valence-corrected chi connectivity index (χ2v) is 8.97. The molecule has 2 heterocycles. The van der Waals surface area contributed by atoms with Gasteiger partial charge in [0.25, 0.3) is 0 Å². The van der Waals surface area contributed by atoms with Crippen LogP contribution in [0, 0.1) is 0 Å². The number of hydrogen-bond donors (Lipinski definition) is 2. The number of fused-ring (bicyclic) bond motifs is 2. The maximum atomic E-state index is 11.7. The predicted molar refractivity (Wildman–Crippen MR) is 79.7 cm³/mol. The molecule has 3 unspecified atom stereocenters. The Morgan fingerprint density at radius 1 is 1.40 bits per heavy atom. The topological polar surface area (TPSA) is 79.8 Å². The first-order chi connectivity index (χ1) is 9.23. The largest absolute Gasteiger partial charge is 0.373 e. The van der Waals surface area contributed by atoms with Crippen molar-refractivity contribution in [1.29, 1.82) is 0 Å². The van der Waals surface area contributed by atoms with Gasteiger partial charge in [0.1, 0.15) is 0 Å². The molecule has 2 fully saturated rings. The van der Waals surface area contributed by atoms with E-state index in [1.54, 1.807) is 20.9 Å². The van der Waals surface area contributed by atoms with Gasteiger partial charge in [0, 0.05) is 19.8 Å². The molecule has 2 saturated heterocycles. The fourth-order valence-electron chi connectivity index (χ4n) is 2.59. The highest BCUT2D eigenvalue weighted by Crippen LogP contribution is 2.34. The molecule has 0 radical (unpaired) electrons. The number of sulfone groups is 1. The van der Waals surface area contributed by atoms with Crippen molar-refractivity contribution in [3.8, 4) is 0 Å². The summed E-state index contributed by atoms with van der Waals surface area (Å²) in [5, 5.41) is 6.45. The van der Waals surface area contributed by atoms with Crippen molar-refractivity contribution >= 4 is 15.8 Å². The molecular formula is C13H25N3O3S. The van der Waals surface area contributed by atoms with Gasteiger partial charge in [0.15, 0.2) is 15.8 Å². The summed E-state index contributed by atoms with van der Waals surface area (Å²) in [4.78, 5) is 4.16. The van der Waals surface area contributed by atoms with Crippen molar-refractivity contribution < 1.29 is 13.2 Å². The van der Waals surface area contributed by atoms with E-state index in [4.69, 9.17) is 4.74 Å². The predicted octanol–water partition coefficient (Wildman–Crippen LogP) is 0.295. The van der Waals surface area contributed by atoms with Crippen LogP contribution in [0.15, 0.2) is 4.99 Å². The molecule has 20 heavy (non-hydrogen) atoms. The molecule has 0 spiro atoms. The number of nitrogens with one attached hydrogen (secondary N) is 2. The highest BCUT2D eigenvalue weighted by molar-refractivity contribution is 7.92. The molecule has 0 aromatic rings. The Bertz CT molecular complexity index is 487. The van der Waals surface area contributed by atoms with Crippen LogP contribution in [0.5, 0.6) is 0 Å². The molecule has 3 atom stereocenters. The highest BCUT2D eigenvalue weighted by Gasteiger charge is 2.41. The summed E-state index contributed by atoms with van der Waals surface area (Å²) in [5.41, 5.74) is 0. The van der Waals surface area contributed by atoms with E-state index < -0.39 is 14.6 Å². The number of nitrogens with zero attached hydrogens (tertiary/aromatic N) is 1. The lowest BCUT2D eigenvalue weighted by Gasteiger charge is -2.26. The Kier molecular flexibility index (Phi) is 4.30. The van der Waals surface area contributed by atoms with Crippen LogP contribution in [-0.4, -0.2) is 57.2 Å². The Morgan fingerprint density at radius 2 is 2.10 bits per heavy atom. The summed E-state index contributed by atoms with van der Waals surface area (Å²) < 4.78 is 28.3. The third-order valence-electron chi connectivity index (χ3n) is 4.34. The van der Waals surface area contributed by atoms with Gasteiger partial charge in [-0.15, -0.1) is 0 Å². The minimum absolute atomic E-state index is 0.265. The Balaban J connectivity index is 1.88. The van der Waals surface area contributed by atoms with E-state index in [9.17, 15) is 8.42 Å². The van der Waals surface area contributed by atoms with Crippen molar-refractivity contribution in [3.63, 3.8) is 0 Å². The zero-order valence-electron chi connectivity index (χ0n) is 12.6. The summed E-state index contributed by atoms with van der Waals surface area (Å²) in [6.45, 7) is 3.75. The molecule has 0 aromatic heterocycles. The van der Waals surface area contributed by atoms with E-state index in [1.807, 2.05) is 0 Å². The van der Waals surface area contributed by atoms with Gasteiger partial charge in [-0.05, 0) is 33.1 Å². The number of aliphatic imine (C=N–C) groups is 1. The average Bonchev–Trinajstić information content (AvgIpc) is 2.95. The number of ether oxygens (including phenoxy) is 1. The molecule has 2 aliphatic rings. The second-order valence-electron chi connectivity index (χ2n) is 6.32. The van der Waals surface area contributed by atoms with Gasteiger partial charge >= 0.3 is 0 Å². The van der Waals surface area contributed by atoms with Crippen LogP contribution in [0.2, 0.25) is 0 Å². The Hall–Kier alpha value is -0.820. The first-order valence-electron chi connectivity index (χ1n) is 7.05. The van der Waals surface area contributed by atoms with Crippen molar-refractivity contribution in [2.24, 2.45) is 4.99 Å². The van der Waals surface area contributed by atoms with E-state index in [0.29, 0.717) is 18.6 Å². The van der Waals surface area contributed by atoms with Crippen LogP contribution >= 0.6 is 0 Å². The summed E-state index contributed by atoms with van der Waals surface area (Å²) in [5.74, 6) is 0.642. The van der Waals surface area contributed by atoms with E-state index in [2.05, 4.69) is 15.6 Å². The third-order valence-corrected chi connectivity index (χ3v) is 6.49. The second kappa shape index (κ2) is 5.52. The van der Waals surface area contributed by atoms with E-state index in [-0.39, 0.29) is 12.1 Å². The van der Waals surface area contributed by atoms with Crippen LogP contribution < -0.4 is 10.6 Å². The minimum atomic E-state index is -3.11. The van der Waals surface area contributed by atoms with Crippen LogP contribution in [-0.2, 0) is 14.6 Å². The van der Waals surface area contributed by atoms with Crippen molar-refractivity contribution in [2.45, 2.75) is 56.1 Å². The maximum absolute atomic E-state index is 11.7. The van der Waals surface area contributed by atoms with Gasteiger partial charge in [-0.1, -0.05) is 0 Å². The quantitative estimate of drug-likeness (QED) is 0.576. The van der Waals surface area contributed by atoms with E-state index in [0.717, 1.165) is 19.3 Å². The first kappa shape index (κ1) is 15.6. The molecule has 7 heteroatoms. The third kappa shape index (κ3) is 3.25. The molecule has 116 valence electrons. The molecule has 2 N–H and O–H groups in total. The number of hydrogen-bond acceptors (Lipinski definition) is 4. The van der Waals surface area contributed by atoms with Gasteiger partial charge in [0.05, 0.1) is 23.0 Å². The maximum Gasteiger partial charge on any atom is 0.191 e. The van der Waals surface area contributed by atoms with Gasteiger partial charge in [0.2, 0.25) is 0 Å². The summed E-state index contributed by atoms with van der Waals surface area (Å²) in [6, 6.07) is 0.279. The van der Waals surface area contributed by atoms with Crippen LogP contribution in [0.4, 0.5) is 0 Å². The zero-order chi connectivity index (χ0) is 15.0. The number of rotatable bonds is 4. The lowest BCUT2D eigenvalue weighted by Crippen LogP contribution is -2.51. The minimum Gasteiger partial charge on any atom is -0.373 e. The SMILES string of the molecule is CN=C(NCC(C)(C)S(C)(=O)=O)NC1CC2CCC1O2. The van der Waals surface area contributed by atoms with Gasteiger partial charge < -0.3 is 15.4 Å². The molecule has 2 aliphatic heterocycles. The van der Waals surface area contributed by atoms with Crippen molar-refractivity contribution in [3.05, 3.63) is 0 Å². The van der Waals surface area contributed by atoms with Crippen molar-refractivity contribution in [2.75, 3.05) is 19.8 Å².